The van der Waals surface area contributed by atoms with Crippen molar-refractivity contribution in [3.63, 3.8) is 0 Å². The molecule has 0 aliphatic rings. The highest BCUT2D eigenvalue weighted by Crippen LogP contribution is 2.30. The van der Waals surface area contributed by atoms with E-state index < -0.39 is 4.92 Å². The van der Waals surface area contributed by atoms with Gasteiger partial charge in [-0.3, -0.25) is 10.1 Å². The molecule has 22 heavy (non-hydrogen) atoms. The summed E-state index contributed by atoms with van der Waals surface area (Å²) in [4.78, 5) is 10.2. The zero-order valence-corrected chi connectivity index (χ0v) is 12.2. The SMILES string of the molecule is COc1ccc(F)cc1C(CN)Cc1ccc([N+](=O)[O-])cc1. The number of nitrogens with two attached hydrogens (primary N) is 1. The summed E-state index contributed by atoms with van der Waals surface area (Å²) < 4.78 is 18.7. The van der Waals surface area contributed by atoms with Gasteiger partial charge in [-0.1, -0.05) is 12.1 Å². The molecule has 0 saturated heterocycles. The second kappa shape index (κ2) is 7.00. The lowest BCUT2D eigenvalue weighted by molar-refractivity contribution is -0.384. The number of ether oxygens (including phenoxy) is 1. The number of rotatable bonds is 6. The molecule has 0 aliphatic heterocycles. The van der Waals surface area contributed by atoms with Crippen molar-refractivity contribution in [3.05, 3.63) is 69.5 Å². The number of halogens is 1. The van der Waals surface area contributed by atoms with Crippen LogP contribution in [0, 0.1) is 15.9 Å². The molecule has 116 valence electrons. The molecule has 6 heteroatoms. The van der Waals surface area contributed by atoms with Gasteiger partial charge in [-0.2, -0.15) is 0 Å². The summed E-state index contributed by atoms with van der Waals surface area (Å²) in [5.41, 5.74) is 7.45. The Balaban J connectivity index is 2.25. The van der Waals surface area contributed by atoms with Gasteiger partial charge in [0.1, 0.15) is 11.6 Å². The monoisotopic (exact) mass is 304 g/mol. The van der Waals surface area contributed by atoms with E-state index in [0.29, 0.717) is 24.3 Å². The summed E-state index contributed by atoms with van der Waals surface area (Å²) in [6.45, 7) is 0.316. The number of nitro groups is 1. The average Bonchev–Trinajstić information content (AvgIpc) is 2.53. The van der Waals surface area contributed by atoms with E-state index >= 15 is 0 Å². The fraction of sp³-hybridized carbons (Fsp3) is 0.250. The van der Waals surface area contributed by atoms with Crippen LogP contribution in [0.1, 0.15) is 17.0 Å². The van der Waals surface area contributed by atoms with Gasteiger partial charge in [-0.15, -0.1) is 0 Å². The molecule has 5 nitrogen and oxygen atoms in total. The fourth-order valence-electron chi connectivity index (χ4n) is 2.38. The maximum atomic E-state index is 13.5. The molecular weight excluding hydrogens is 287 g/mol. The van der Waals surface area contributed by atoms with E-state index in [0.717, 1.165) is 5.56 Å². The van der Waals surface area contributed by atoms with Crippen LogP contribution in [0.5, 0.6) is 5.75 Å². The van der Waals surface area contributed by atoms with Crippen molar-refractivity contribution in [3.8, 4) is 5.75 Å². The molecule has 0 aliphatic carbocycles. The standard InChI is InChI=1S/C16H17FN2O3/c1-22-16-7-4-13(17)9-15(16)12(10-18)8-11-2-5-14(6-3-11)19(20)21/h2-7,9,12H,8,10,18H2,1H3. The molecule has 0 saturated carbocycles. The largest absolute Gasteiger partial charge is 0.496 e. The third-order valence-corrected chi connectivity index (χ3v) is 3.55. The van der Waals surface area contributed by atoms with Crippen molar-refractivity contribution >= 4 is 5.69 Å². The number of benzene rings is 2. The van der Waals surface area contributed by atoms with Gasteiger partial charge >= 0.3 is 0 Å². The lowest BCUT2D eigenvalue weighted by atomic mass is 9.91. The Kier molecular flexibility index (Phi) is 5.06. The van der Waals surface area contributed by atoms with Crippen LogP contribution in [-0.4, -0.2) is 18.6 Å². The summed E-state index contributed by atoms with van der Waals surface area (Å²) in [5.74, 6) is 0.101. The number of nitro benzene ring substituents is 1. The van der Waals surface area contributed by atoms with Crippen molar-refractivity contribution in [1.82, 2.24) is 0 Å². The maximum absolute atomic E-state index is 13.5. The fourth-order valence-corrected chi connectivity index (χ4v) is 2.38. The van der Waals surface area contributed by atoms with E-state index in [2.05, 4.69) is 0 Å². The summed E-state index contributed by atoms with van der Waals surface area (Å²) in [5, 5.41) is 10.7. The Bertz CT molecular complexity index is 659. The number of hydrogen-bond acceptors (Lipinski definition) is 4. The lowest BCUT2D eigenvalue weighted by Gasteiger charge is -2.18. The van der Waals surface area contributed by atoms with Crippen LogP contribution in [-0.2, 0) is 6.42 Å². The van der Waals surface area contributed by atoms with Gasteiger partial charge in [0.15, 0.2) is 0 Å². The first-order valence-corrected chi connectivity index (χ1v) is 6.82. The highest BCUT2D eigenvalue weighted by Gasteiger charge is 2.17. The Morgan fingerprint density at radius 3 is 2.50 bits per heavy atom. The molecule has 0 heterocycles. The normalized spacial score (nSPS) is 12.0. The van der Waals surface area contributed by atoms with E-state index in [1.54, 1.807) is 18.2 Å². The van der Waals surface area contributed by atoms with Crippen LogP contribution >= 0.6 is 0 Å². The van der Waals surface area contributed by atoms with E-state index in [9.17, 15) is 14.5 Å². The van der Waals surface area contributed by atoms with Gasteiger partial charge < -0.3 is 10.5 Å². The first kappa shape index (κ1) is 15.9. The molecule has 1 unspecified atom stereocenters. The molecule has 0 amide bonds. The van der Waals surface area contributed by atoms with Crippen molar-refractivity contribution in [2.75, 3.05) is 13.7 Å². The van der Waals surface area contributed by atoms with Crippen LogP contribution in [0.25, 0.3) is 0 Å². The van der Waals surface area contributed by atoms with E-state index in [1.807, 2.05) is 0 Å². The first-order valence-electron chi connectivity index (χ1n) is 6.82. The van der Waals surface area contributed by atoms with Crippen molar-refractivity contribution in [2.24, 2.45) is 5.73 Å². The van der Waals surface area contributed by atoms with Crippen molar-refractivity contribution < 1.29 is 14.1 Å². The summed E-state index contributed by atoms with van der Waals surface area (Å²) >= 11 is 0. The second-order valence-electron chi connectivity index (χ2n) is 4.95. The van der Waals surface area contributed by atoms with E-state index in [1.165, 1.54) is 31.4 Å². The predicted octanol–water partition coefficient (Wildman–Crippen LogP) is 3.03. The van der Waals surface area contributed by atoms with Crippen LogP contribution in [0.2, 0.25) is 0 Å². The summed E-state index contributed by atoms with van der Waals surface area (Å²) in [6, 6.07) is 10.6. The Morgan fingerprint density at radius 2 is 1.95 bits per heavy atom. The van der Waals surface area contributed by atoms with Crippen molar-refractivity contribution in [2.45, 2.75) is 12.3 Å². The zero-order chi connectivity index (χ0) is 16.1. The predicted molar refractivity (Wildman–Crippen MR) is 81.5 cm³/mol. The Labute approximate surface area is 127 Å². The minimum atomic E-state index is -0.445. The average molecular weight is 304 g/mol. The second-order valence-corrected chi connectivity index (χ2v) is 4.95. The molecule has 0 bridgehead atoms. The minimum Gasteiger partial charge on any atom is -0.496 e. The van der Waals surface area contributed by atoms with Crippen LogP contribution < -0.4 is 10.5 Å². The van der Waals surface area contributed by atoms with Crippen LogP contribution in [0.15, 0.2) is 42.5 Å². The molecular formula is C16H17FN2O3. The lowest BCUT2D eigenvalue weighted by Crippen LogP contribution is -2.16. The van der Waals surface area contributed by atoms with Gasteiger partial charge in [-0.05, 0) is 36.7 Å². The smallest absolute Gasteiger partial charge is 0.269 e. The third-order valence-electron chi connectivity index (χ3n) is 3.55. The number of methoxy groups -OCH3 is 1. The first-order chi connectivity index (χ1) is 10.5. The third kappa shape index (κ3) is 3.59. The van der Waals surface area contributed by atoms with Crippen LogP contribution in [0.3, 0.4) is 0 Å². The Morgan fingerprint density at radius 1 is 1.27 bits per heavy atom. The molecule has 0 spiro atoms. The summed E-state index contributed by atoms with van der Waals surface area (Å²) in [7, 11) is 1.52. The quantitative estimate of drug-likeness (QED) is 0.657. The molecule has 2 rings (SSSR count). The molecule has 0 aromatic heterocycles. The molecule has 0 fully saturated rings. The van der Waals surface area contributed by atoms with Gasteiger partial charge in [0.05, 0.1) is 12.0 Å². The van der Waals surface area contributed by atoms with E-state index in [4.69, 9.17) is 10.5 Å². The number of hydrogen-bond donors (Lipinski definition) is 1. The highest BCUT2D eigenvalue weighted by atomic mass is 19.1. The molecule has 2 N–H and O–H groups in total. The van der Waals surface area contributed by atoms with Gasteiger partial charge in [0.25, 0.3) is 5.69 Å². The zero-order valence-electron chi connectivity index (χ0n) is 12.2. The van der Waals surface area contributed by atoms with Gasteiger partial charge in [-0.25, -0.2) is 4.39 Å². The highest BCUT2D eigenvalue weighted by molar-refractivity contribution is 5.39. The van der Waals surface area contributed by atoms with Gasteiger partial charge in [0.2, 0.25) is 0 Å². The Hall–Kier alpha value is -2.47. The molecule has 2 aromatic rings. The summed E-state index contributed by atoms with van der Waals surface area (Å²) in [6.07, 6.45) is 0.550. The molecule has 0 radical (unpaired) electrons. The maximum Gasteiger partial charge on any atom is 0.269 e. The minimum absolute atomic E-state index is 0.0383. The molecule has 2 aromatic carbocycles. The topological polar surface area (TPSA) is 78.4 Å². The van der Waals surface area contributed by atoms with E-state index in [-0.39, 0.29) is 17.4 Å². The van der Waals surface area contributed by atoms with Crippen LogP contribution in [0.4, 0.5) is 10.1 Å². The number of nitrogens with zero attached hydrogens (tertiary/aromatic N) is 1. The van der Waals surface area contributed by atoms with Crippen molar-refractivity contribution in [1.29, 1.82) is 0 Å². The number of non-ortho nitro benzene ring substituents is 1. The molecule has 1 atom stereocenters. The van der Waals surface area contributed by atoms with Gasteiger partial charge in [0, 0.05) is 23.6 Å².